The zero-order valence-corrected chi connectivity index (χ0v) is 11.3. The van der Waals surface area contributed by atoms with Crippen molar-refractivity contribution in [1.82, 2.24) is 0 Å². The van der Waals surface area contributed by atoms with Gasteiger partial charge >= 0.3 is 0 Å². The van der Waals surface area contributed by atoms with E-state index >= 15 is 0 Å². The zero-order chi connectivity index (χ0) is 14.5. The molecule has 1 amide bonds. The lowest BCUT2D eigenvalue weighted by Gasteiger charge is -2.19. The van der Waals surface area contributed by atoms with Crippen LogP contribution in [0.2, 0.25) is 0 Å². The van der Waals surface area contributed by atoms with E-state index in [1.807, 2.05) is 37.3 Å². The van der Waals surface area contributed by atoms with Gasteiger partial charge in [0.05, 0.1) is 11.7 Å². The number of carbonyl (C=O) groups excluding carboxylic acids is 1. The highest BCUT2D eigenvalue weighted by atomic mass is 19.1. The number of halogens is 1. The Bertz CT molecular complexity index is 599. The quantitative estimate of drug-likeness (QED) is 0.875. The highest BCUT2D eigenvalue weighted by molar-refractivity contribution is 5.93. The Morgan fingerprint density at radius 2 is 1.95 bits per heavy atom. The topological polar surface area (TPSA) is 55.1 Å². The standard InChI is InChI=1S/C16H17FN2O/c1-2-14(11-6-4-3-5-7-11)19-15-10-12(16(18)20)8-9-13(15)17/h3-10,14,19H,2H2,1H3,(H2,18,20). The highest BCUT2D eigenvalue weighted by Crippen LogP contribution is 2.25. The minimum absolute atomic E-state index is 0.0196. The highest BCUT2D eigenvalue weighted by Gasteiger charge is 2.13. The van der Waals surface area contributed by atoms with Crippen molar-refractivity contribution in [3.8, 4) is 0 Å². The van der Waals surface area contributed by atoms with E-state index in [2.05, 4.69) is 5.32 Å². The molecule has 2 rings (SSSR count). The van der Waals surface area contributed by atoms with Gasteiger partial charge in [-0.1, -0.05) is 37.3 Å². The smallest absolute Gasteiger partial charge is 0.248 e. The van der Waals surface area contributed by atoms with Gasteiger partial charge in [0, 0.05) is 5.56 Å². The zero-order valence-electron chi connectivity index (χ0n) is 11.3. The monoisotopic (exact) mass is 272 g/mol. The summed E-state index contributed by atoms with van der Waals surface area (Å²) in [5, 5.41) is 3.13. The molecule has 3 N–H and O–H groups in total. The molecule has 0 fully saturated rings. The molecular formula is C16H17FN2O. The Kier molecular flexibility index (Phi) is 4.35. The van der Waals surface area contributed by atoms with Crippen LogP contribution in [0, 0.1) is 5.82 Å². The van der Waals surface area contributed by atoms with Gasteiger partial charge in [-0.2, -0.15) is 0 Å². The van der Waals surface area contributed by atoms with Crippen molar-refractivity contribution >= 4 is 11.6 Å². The number of nitrogens with one attached hydrogen (secondary N) is 1. The van der Waals surface area contributed by atoms with Gasteiger partial charge in [-0.3, -0.25) is 4.79 Å². The number of amides is 1. The molecule has 0 aliphatic carbocycles. The van der Waals surface area contributed by atoms with Crippen LogP contribution >= 0.6 is 0 Å². The summed E-state index contributed by atoms with van der Waals surface area (Å²) in [6.45, 7) is 2.01. The molecule has 0 heterocycles. The van der Waals surface area contributed by atoms with Gasteiger partial charge in [0.2, 0.25) is 5.91 Å². The van der Waals surface area contributed by atoms with Crippen molar-refractivity contribution in [2.45, 2.75) is 19.4 Å². The number of primary amides is 1. The van der Waals surface area contributed by atoms with Gasteiger partial charge in [0.25, 0.3) is 0 Å². The Morgan fingerprint density at radius 1 is 1.25 bits per heavy atom. The maximum absolute atomic E-state index is 13.8. The van der Waals surface area contributed by atoms with E-state index in [4.69, 9.17) is 5.73 Å². The molecule has 104 valence electrons. The second-order valence-electron chi connectivity index (χ2n) is 4.57. The first-order chi connectivity index (χ1) is 9.61. The molecule has 2 aromatic rings. The van der Waals surface area contributed by atoms with Crippen molar-refractivity contribution in [1.29, 1.82) is 0 Å². The van der Waals surface area contributed by atoms with E-state index in [0.717, 1.165) is 12.0 Å². The maximum Gasteiger partial charge on any atom is 0.248 e. The first-order valence-corrected chi connectivity index (χ1v) is 6.52. The summed E-state index contributed by atoms with van der Waals surface area (Å²) < 4.78 is 13.8. The number of hydrogen-bond donors (Lipinski definition) is 2. The lowest BCUT2D eigenvalue weighted by molar-refractivity contribution is 0.100. The average molecular weight is 272 g/mol. The normalized spacial score (nSPS) is 11.9. The molecule has 0 saturated carbocycles. The Balaban J connectivity index is 2.28. The fraction of sp³-hybridized carbons (Fsp3) is 0.188. The van der Waals surface area contributed by atoms with E-state index in [9.17, 15) is 9.18 Å². The fourth-order valence-corrected chi connectivity index (χ4v) is 2.08. The first-order valence-electron chi connectivity index (χ1n) is 6.52. The molecule has 20 heavy (non-hydrogen) atoms. The minimum Gasteiger partial charge on any atom is -0.376 e. The third-order valence-corrected chi connectivity index (χ3v) is 3.19. The minimum atomic E-state index is -0.569. The van der Waals surface area contributed by atoms with Crippen LogP contribution in [0.3, 0.4) is 0 Å². The molecule has 0 aromatic heterocycles. The molecule has 3 nitrogen and oxygen atoms in total. The largest absolute Gasteiger partial charge is 0.376 e. The van der Waals surface area contributed by atoms with Crippen LogP contribution in [0.1, 0.15) is 35.3 Å². The van der Waals surface area contributed by atoms with Crippen LogP contribution < -0.4 is 11.1 Å². The van der Waals surface area contributed by atoms with Gasteiger partial charge in [0.15, 0.2) is 0 Å². The number of carbonyl (C=O) groups is 1. The summed E-state index contributed by atoms with van der Waals surface area (Å²) in [5.74, 6) is -0.967. The van der Waals surface area contributed by atoms with Crippen molar-refractivity contribution in [3.63, 3.8) is 0 Å². The third kappa shape index (κ3) is 3.15. The summed E-state index contributed by atoms with van der Waals surface area (Å²) in [6.07, 6.45) is 0.796. The summed E-state index contributed by atoms with van der Waals surface area (Å²) in [5.41, 5.74) is 6.86. The summed E-state index contributed by atoms with van der Waals surface area (Å²) in [4.78, 5) is 11.2. The second-order valence-corrected chi connectivity index (χ2v) is 4.57. The predicted octanol–water partition coefficient (Wildman–Crippen LogP) is 3.49. The fourth-order valence-electron chi connectivity index (χ4n) is 2.08. The van der Waals surface area contributed by atoms with Gasteiger partial charge in [0.1, 0.15) is 5.82 Å². The van der Waals surface area contributed by atoms with Crippen LogP contribution in [-0.4, -0.2) is 5.91 Å². The third-order valence-electron chi connectivity index (χ3n) is 3.19. The Morgan fingerprint density at radius 3 is 2.55 bits per heavy atom. The number of benzene rings is 2. The lowest BCUT2D eigenvalue weighted by Crippen LogP contribution is -2.14. The Hall–Kier alpha value is -2.36. The molecule has 4 heteroatoms. The van der Waals surface area contributed by atoms with Crippen LogP contribution in [-0.2, 0) is 0 Å². The second kappa shape index (κ2) is 6.19. The summed E-state index contributed by atoms with van der Waals surface area (Å²) >= 11 is 0. The molecule has 0 spiro atoms. The van der Waals surface area contributed by atoms with E-state index in [-0.39, 0.29) is 17.3 Å². The van der Waals surface area contributed by atoms with Crippen molar-refractivity contribution in [2.24, 2.45) is 5.73 Å². The van der Waals surface area contributed by atoms with E-state index in [0.29, 0.717) is 0 Å². The molecule has 0 bridgehead atoms. The number of anilines is 1. The molecule has 0 radical (unpaired) electrons. The van der Waals surface area contributed by atoms with Gasteiger partial charge in [-0.25, -0.2) is 4.39 Å². The van der Waals surface area contributed by atoms with Gasteiger partial charge in [-0.05, 0) is 30.2 Å². The SMILES string of the molecule is CCC(Nc1cc(C(N)=O)ccc1F)c1ccccc1. The molecule has 2 aromatic carbocycles. The first kappa shape index (κ1) is 14.1. The van der Waals surface area contributed by atoms with Gasteiger partial charge in [-0.15, -0.1) is 0 Å². The molecule has 0 aliphatic rings. The Labute approximate surface area is 117 Å². The van der Waals surface area contributed by atoms with E-state index in [1.54, 1.807) is 0 Å². The van der Waals surface area contributed by atoms with Crippen LogP contribution in [0.4, 0.5) is 10.1 Å². The van der Waals surface area contributed by atoms with Crippen LogP contribution in [0.5, 0.6) is 0 Å². The summed E-state index contributed by atoms with van der Waals surface area (Å²) in [7, 11) is 0. The van der Waals surface area contributed by atoms with Crippen molar-refractivity contribution < 1.29 is 9.18 Å². The maximum atomic E-state index is 13.8. The predicted molar refractivity (Wildman–Crippen MR) is 78.0 cm³/mol. The van der Waals surface area contributed by atoms with Crippen molar-refractivity contribution in [3.05, 3.63) is 65.5 Å². The lowest BCUT2D eigenvalue weighted by atomic mass is 10.0. The molecular weight excluding hydrogens is 255 g/mol. The number of rotatable bonds is 5. The number of hydrogen-bond acceptors (Lipinski definition) is 2. The van der Waals surface area contributed by atoms with Crippen LogP contribution in [0.25, 0.3) is 0 Å². The van der Waals surface area contributed by atoms with Crippen LogP contribution in [0.15, 0.2) is 48.5 Å². The van der Waals surface area contributed by atoms with Crippen molar-refractivity contribution in [2.75, 3.05) is 5.32 Å². The molecule has 1 unspecified atom stereocenters. The molecule has 0 saturated heterocycles. The molecule has 1 atom stereocenters. The van der Waals surface area contributed by atoms with E-state index < -0.39 is 11.7 Å². The van der Waals surface area contributed by atoms with Gasteiger partial charge < -0.3 is 11.1 Å². The molecule has 0 aliphatic heterocycles. The van der Waals surface area contributed by atoms with E-state index in [1.165, 1.54) is 18.2 Å². The number of nitrogens with two attached hydrogens (primary N) is 1. The average Bonchev–Trinajstić information content (AvgIpc) is 2.47. The summed E-state index contributed by atoms with van der Waals surface area (Å²) in [6, 6.07) is 13.8.